The van der Waals surface area contributed by atoms with E-state index in [-0.39, 0.29) is 11.0 Å². The Labute approximate surface area is 86.5 Å². The molecule has 0 saturated heterocycles. The predicted octanol–water partition coefficient (Wildman–Crippen LogP) is 1.98. The van der Waals surface area contributed by atoms with Crippen LogP contribution in [0.1, 0.15) is 5.56 Å². The molecular weight excluding hydrogens is 233 g/mol. The Bertz CT molecular complexity index is 519. The van der Waals surface area contributed by atoms with E-state index < -0.39 is 17.4 Å². The number of fused-ring (bicyclic) bond motifs is 1. The third-order valence-electron chi connectivity index (χ3n) is 1.77. The van der Waals surface area contributed by atoms with Crippen LogP contribution in [0.25, 0.3) is 5.65 Å². The molecule has 2 aromatic rings. The second kappa shape index (κ2) is 2.99. The average Bonchev–Trinajstić information content (AvgIpc) is 2.45. The van der Waals surface area contributed by atoms with E-state index in [0.29, 0.717) is 6.20 Å². The molecule has 2 N–H and O–H groups in total. The first-order valence-electron chi connectivity index (χ1n) is 3.76. The molecular formula is C7H4ClF3N4. The minimum atomic E-state index is -4.52. The molecule has 15 heavy (non-hydrogen) atoms. The highest BCUT2D eigenvalue weighted by atomic mass is 35.5. The van der Waals surface area contributed by atoms with Gasteiger partial charge in [-0.3, -0.25) is 0 Å². The molecule has 0 radical (unpaired) electrons. The lowest BCUT2D eigenvalue weighted by atomic mass is 10.3. The summed E-state index contributed by atoms with van der Waals surface area (Å²) in [6.45, 7) is 0. The molecule has 80 valence electrons. The van der Waals surface area contributed by atoms with Gasteiger partial charge in [0.05, 0.1) is 6.20 Å². The van der Waals surface area contributed by atoms with Gasteiger partial charge in [-0.2, -0.15) is 22.8 Å². The number of rotatable bonds is 0. The van der Waals surface area contributed by atoms with Gasteiger partial charge < -0.3 is 5.73 Å². The topological polar surface area (TPSA) is 56.2 Å². The van der Waals surface area contributed by atoms with Crippen LogP contribution in [0.4, 0.5) is 19.0 Å². The Morgan fingerprint density at radius 1 is 1.40 bits per heavy atom. The van der Waals surface area contributed by atoms with Crippen LogP contribution in [0.2, 0.25) is 5.15 Å². The Morgan fingerprint density at radius 2 is 2.07 bits per heavy atom. The normalized spacial score (nSPS) is 12.3. The van der Waals surface area contributed by atoms with Crippen LogP contribution in [0, 0.1) is 0 Å². The Kier molecular flexibility index (Phi) is 2.00. The van der Waals surface area contributed by atoms with Crippen molar-refractivity contribution in [3.63, 3.8) is 0 Å². The Morgan fingerprint density at radius 3 is 2.67 bits per heavy atom. The number of aromatic nitrogens is 3. The summed E-state index contributed by atoms with van der Waals surface area (Å²) >= 11 is 5.50. The van der Waals surface area contributed by atoms with Crippen LogP contribution in [-0.2, 0) is 6.18 Å². The van der Waals surface area contributed by atoms with Crippen LogP contribution in [0.5, 0.6) is 0 Å². The van der Waals surface area contributed by atoms with E-state index in [9.17, 15) is 13.2 Å². The zero-order chi connectivity index (χ0) is 11.2. The van der Waals surface area contributed by atoms with Gasteiger partial charge in [0.15, 0.2) is 5.65 Å². The summed E-state index contributed by atoms with van der Waals surface area (Å²) in [5.41, 5.74) is 4.07. The Balaban J connectivity index is 2.80. The molecule has 8 heteroatoms. The van der Waals surface area contributed by atoms with E-state index >= 15 is 0 Å². The SMILES string of the molecule is Nc1cc(Cl)nc2c(C(F)(F)F)cnn12. The lowest BCUT2D eigenvalue weighted by Crippen LogP contribution is -2.06. The molecule has 0 bridgehead atoms. The molecule has 0 saturated carbocycles. The van der Waals surface area contributed by atoms with Gasteiger partial charge in [-0.25, -0.2) is 4.98 Å². The molecule has 0 amide bonds. The molecule has 0 fully saturated rings. The molecule has 2 aromatic heterocycles. The second-order valence-electron chi connectivity index (χ2n) is 2.80. The highest BCUT2D eigenvalue weighted by molar-refractivity contribution is 6.29. The van der Waals surface area contributed by atoms with Gasteiger partial charge in [-0.1, -0.05) is 11.6 Å². The van der Waals surface area contributed by atoms with E-state index in [1.807, 2.05) is 0 Å². The summed E-state index contributed by atoms with van der Waals surface area (Å²) in [5, 5.41) is 3.37. The molecule has 0 aliphatic rings. The van der Waals surface area contributed by atoms with Crippen molar-refractivity contribution in [3.8, 4) is 0 Å². The minimum absolute atomic E-state index is 0.000463. The maximum atomic E-state index is 12.4. The fourth-order valence-electron chi connectivity index (χ4n) is 1.16. The maximum Gasteiger partial charge on any atom is 0.421 e. The van der Waals surface area contributed by atoms with Crippen molar-refractivity contribution in [1.29, 1.82) is 0 Å². The average molecular weight is 237 g/mol. The van der Waals surface area contributed by atoms with Crippen molar-refractivity contribution >= 4 is 23.1 Å². The number of hydrogen-bond acceptors (Lipinski definition) is 3. The van der Waals surface area contributed by atoms with Gasteiger partial charge in [0.1, 0.15) is 16.5 Å². The van der Waals surface area contributed by atoms with Gasteiger partial charge in [0.25, 0.3) is 0 Å². The van der Waals surface area contributed by atoms with Crippen LogP contribution in [-0.4, -0.2) is 14.6 Å². The van der Waals surface area contributed by atoms with Crippen LogP contribution in [0.15, 0.2) is 12.3 Å². The third kappa shape index (κ3) is 1.58. The minimum Gasteiger partial charge on any atom is -0.383 e. The first-order valence-corrected chi connectivity index (χ1v) is 4.14. The van der Waals surface area contributed by atoms with E-state index in [1.165, 1.54) is 6.07 Å². The molecule has 2 rings (SSSR count). The molecule has 2 heterocycles. The Hall–Kier alpha value is -1.50. The summed E-state index contributed by atoms with van der Waals surface area (Å²) in [5.74, 6) is 0.000463. The van der Waals surface area contributed by atoms with Crippen LogP contribution in [0.3, 0.4) is 0 Å². The zero-order valence-electron chi connectivity index (χ0n) is 7.09. The number of nitrogens with two attached hydrogens (primary N) is 1. The quantitative estimate of drug-likeness (QED) is 0.712. The van der Waals surface area contributed by atoms with Crippen molar-refractivity contribution in [1.82, 2.24) is 14.6 Å². The first kappa shape index (κ1) is 10.0. The van der Waals surface area contributed by atoms with Crippen molar-refractivity contribution in [3.05, 3.63) is 23.0 Å². The van der Waals surface area contributed by atoms with Gasteiger partial charge in [0.2, 0.25) is 0 Å². The number of halogens is 4. The lowest BCUT2D eigenvalue weighted by Gasteiger charge is -2.04. The van der Waals surface area contributed by atoms with Crippen molar-refractivity contribution in [2.45, 2.75) is 6.18 Å². The fourth-order valence-corrected chi connectivity index (χ4v) is 1.35. The number of nitrogens with zero attached hydrogens (tertiary/aromatic N) is 3. The molecule has 0 spiro atoms. The van der Waals surface area contributed by atoms with Crippen LogP contribution < -0.4 is 5.73 Å². The van der Waals surface area contributed by atoms with E-state index in [1.54, 1.807) is 0 Å². The van der Waals surface area contributed by atoms with Crippen LogP contribution >= 0.6 is 11.6 Å². The van der Waals surface area contributed by atoms with Gasteiger partial charge in [-0.15, -0.1) is 0 Å². The predicted molar refractivity (Wildman–Crippen MR) is 47.4 cm³/mol. The molecule has 0 atom stereocenters. The summed E-state index contributed by atoms with van der Waals surface area (Å²) in [6, 6.07) is 1.22. The number of nitrogen functional groups attached to an aromatic ring is 1. The first-order chi connectivity index (χ1) is 6.89. The number of hydrogen-bond donors (Lipinski definition) is 1. The summed E-state index contributed by atoms with van der Waals surface area (Å²) in [6.07, 6.45) is -3.86. The fraction of sp³-hybridized carbons (Fsp3) is 0.143. The molecule has 4 nitrogen and oxygen atoms in total. The van der Waals surface area contributed by atoms with E-state index in [4.69, 9.17) is 17.3 Å². The molecule has 0 aliphatic carbocycles. The highest BCUT2D eigenvalue weighted by Gasteiger charge is 2.35. The zero-order valence-corrected chi connectivity index (χ0v) is 7.84. The van der Waals surface area contributed by atoms with Gasteiger partial charge >= 0.3 is 6.18 Å². The van der Waals surface area contributed by atoms with E-state index in [0.717, 1.165) is 4.52 Å². The largest absolute Gasteiger partial charge is 0.421 e. The summed E-state index contributed by atoms with van der Waals surface area (Å²) in [4.78, 5) is 3.53. The van der Waals surface area contributed by atoms with Crippen molar-refractivity contribution in [2.75, 3.05) is 5.73 Å². The standard InChI is InChI=1S/C7H4ClF3N4/c8-4-1-5(12)15-6(14-4)3(2-13-15)7(9,10)11/h1-2H,12H2. The number of alkyl halides is 3. The van der Waals surface area contributed by atoms with Crippen molar-refractivity contribution < 1.29 is 13.2 Å². The second-order valence-corrected chi connectivity index (χ2v) is 3.18. The maximum absolute atomic E-state index is 12.4. The van der Waals surface area contributed by atoms with E-state index in [2.05, 4.69) is 10.1 Å². The highest BCUT2D eigenvalue weighted by Crippen LogP contribution is 2.32. The molecule has 0 aliphatic heterocycles. The monoisotopic (exact) mass is 236 g/mol. The van der Waals surface area contributed by atoms with Gasteiger partial charge in [0, 0.05) is 6.07 Å². The smallest absolute Gasteiger partial charge is 0.383 e. The molecule has 0 unspecified atom stereocenters. The lowest BCUT2D eigenvalue weighted by molar-refractivity contribution is -0.136. The summed E-state index contributed by atoms with van der Waals surface area (Å²) in [7, 11) is 0. The third-order valence-corrected chi connectivity index (χ3v) is 1.97. The molecule has 0 aromatic carbocycles. The van der Waals surface area contributed by atoms with Crippen molar-refractivity contribution in [2.24, 2.45) is 0 Å². The number of anilines is 1. The summed E-state index contributed by atoms with van der Waals surface area (Å²) < 4.78 is 38.2. The van der Waals surface area contributed by atoms with Gasteiger partial charge in [-0.05, 0) is 0 Å².